The van der Waals surface area contributed by atoms with Crippen LogP contribution in [0.2, 0.25) is 0 Å². The third-order valence-electron chi connectivity index (χ3n) is 3.65. The molecule has 0 aromatic carbocycles. The van der Waals surface area contributed by atoms with Crippen LogP contribution in [-0.4, -0.2) is 36.6 Å². The molecule has 4 unspecified atom stereocenters. The molecule has 90 valence electrons. The van der Waals surface area contributed by atoms with Gasteiger partial charge in [-0.25, -0.2) is 0 Å². The lowest BCUT2D eigenvalue weighted by Gasteiger charge is -2.51. The van der Waals surface area contributed by atoms with Crippen LogP contribution in [0.5, 0.6) is 0 Å². The molecule has 1 aliphatic carbocycles. The van der Waals surface area contributed by atoms with Crippen LogP contribution in [0.1, 0.15) is 40.5 Å². The number of hydrogen-bond acceptors (Lipinski definition) is 3. The highest BCUT2D eigenvalue weighted by molar-refractivity contribution is 5.00. The first kappa shape index (κ1) is 12.9. The number of aliphatic hydroxyl groups excluding tert-OH is 1. The maximum absolute atomic E-state index is 9.72. The maximum atomic E-state index is 9.72. The third kappa shape index (κ3) is 2.71. The van der Waals surface area contributed by atoms with Crippen molar-refractivity contribution in [3.8, 4) is 0 Å². The Morgan fingerprint density at radius 2 is 2.13 bits per heavy atom. The van der Waals surface area contributed by atoms with E-state index in [0.29, 0.717) is 6.61 Å². The van der Waals surface area contributed by atoms with Crippen LogP contribution >= 0.6 is 0 Å². The van der Waals surface area contributed by atoms with Gasteiger partial charge < -0.3 is 14.6 Å². The number of hydrogen-bond donors (Lipinski definition) is 1. The molecule has 1 aliphatic rings. The van der Waals surface area contributed by atoms with Gasteiger partial charge in [0.05, 0.1) is 24.9 Å². The molecule has 0 aromatic heterocycles. The molecule has 1 rings (SSSR count). The highest BCUT2D eigenvalue weighted by atomic mass is 16.5. The average molecular weight is 216 g/mol. The Bertz CT molecular complexity index is 195. The summed E-state index contributed by atoms with van der Waals surface area (Å²) in [5, 5.41) is 9.72. The highest BCUT2D eigenvalue weighted by Gasteiger charge is 2.50. The molecule has 0 bridgehead atoms. The first-order valence-electron chi connectivity index (χ1n) is 5.95. The van der Waals surface area contributed by atoms with Crippen molar-refractivity contribution in [3.05, 3.63) is 0 Å². The van der Waals surface area contributed by atoms with Gasteiger partial charge in [-0.15, -0.1) is 0 Å². The topological polar surface area (TPSA) is 38.7 Å². The van der Waals surface area contributed by atoms with E-state index < -0.39 is 0 Å². The van der Waals surface area contributed by atoms with Crippen molar-refractivity contribution in [2.24, 2.45) is 5.41 Å². The largest absolute Gasteiger partial charge is 0.392 e. The second-order valence-corrected chi connectivity index (χ2v) is 4.71. The van der Waals surface area contributed by atoms with Crippen molar-refractivity contribution < 1.29 is 14.6 Å². The van der Waals surface area contributed by atoms with Gasteiger partial charge in [-0.1, -0.05) is 13.8 Å². The van der Waals surface area contributed by atoms with Crippen LogP contribution in [-0.2, 0) is 9.47 Å². The van der Waals surface area contributed by atoms with E-state index in [1.807, 2.05) is 13.8 Å². The normalized spacial score (nSPS) is 37.4. The zero-order valence-corrected chi connectivity index (χ0v) is 10.3. The Morgan fingerprint density at radius 3 is 2.60 bits per heavy atom. The van der Waals surface area contributed by atoms with Crippen molar-refractivity contribution >= 4 is 0 Å². The van der Waals surface area contributed by atoms with Gasteiger partial charge in [0, 0.05) is 18.4 Å². The Kier molecular flexibility index (Phi) is 4.56. The summed E-state index contributed by atoms with van der Waals surface area (Å²) in [6.07, 6.45) is 1.83. The predicted molar refractivity (Wildman–Crippen MR) is 59.8 cm³/mol. The standard InChI is InChI=1S/C12H24O3/c1-5-12(4)10(13)7-11(12)15-9(3)8-14-6-2/h9-11,13H,5-8H2,1-4H3. The summed E-state index contributed by atoms with van der Waals surface area (Å²) in [5.41, 5.74) is -0.0551. The minimum atomic E-state index is -0.202. The molecule has 0 saturated heterocycles. The molecule has 15 heavy (non-hydrogen) atoms. The molecular weight excluding hydrogens is 192 g/mol. The summed E-state index contributed by atoms with van der Waals surface area (Å²) in [6, 6.07) is 0. The number of aliphatic hydroxyl groups is 1. The van der Waals surface area contributed by atoms with Gasteiger partial charge in [-0.2, -0.15) is 0 Å². The number of rotatable bonds is 6. The zero-order valence-electron chi connectivity index (χ0n) is 10.3. The smallest absolute Gasteiger partial charge is 0.0784 e. The molecule has 1 saturated carbocycles. The van der Waals surface area contributed by atoms with Crippen molar-refractivity contribution in [1.29, 1.82) is 0 Å². The SMILES string of the molecule is CCOCC(C)OC1CC(O)C1(C)CC. The summed E-state index contributed by atoms with van der Waals surface area (Å²) in [7, 11) is 0. The van der Waals surface area contributed by atoms with E-state index in [1.54, 1.807) is 0 Å². The lowest BCUT2D eigenvalue weighted by atomic mass is 9.63. The Labute approximate surface area is 92.8 Å². The van der Waals surface area contributed by atoms with Gasteiger partial charge in [0.25, 0.3) is 0 Å². The van der Waals surface area contributed by atoms with Crippen molar-refractivity contribution in [2.75, 3.05) is 13.2 Å². The molecule has 3 nitrogen and oxygen atoms in total. The molecule has 1 N–H and O–H groups in total. The summed E-state index contributed by atoms with van der Waals surface area (Å²) in [5.74, 6) is 0. The molecular formula is C12H24O3. The Hall–Kier alpha value is -0.120. The van der Waals surface area contributed by atoms with Crippen LogP contribution in [0.3, 0.4) is 0 Å². The minimum absolute atomic E-state index is 0.0551. The van der Waals surface area contributed by atoms with E-state index in [-0.39, 0.29) is 23.7 Å². The third-order valence-corrected chi connectivity index (χ3v) is 3.65. The predicted octanol–water partition coefficient (Wildman–Crippen LogP) is 1.98. The Morgan fingerprint density at radius 1 is 1.47 bits per heavy atom. The second-order valence-electron chi connectivity index (χ2n) is 4.71. The lowest BCUT2D eigenvalue weighted by molar-refractivity contribution is -0.207. The van der Waals surface area contributed by atoms with E-state index in [0.717, 1.165) is 19.4 Å². The maximum Gasteiger partial charge on any atom is 0.0784 e. The molecule has 0 aromatic rings. The highest BCUT2D eigenvalue weighted by Crippen LogP contribution is 2.46. The quantitative estimate of drug-likeness (QED) is 0.738. The van der Waals surface area contributed by atoms with Crippen LogP contribution < -0.4 is 0 Å². The van der Waals surface area contributed by atoms with Gasteiger partial charge in [0.15, 0.2) is 0 Å². The van der Waals surface area contributed by atoms with Crippen LogP contribution in [0.4, 0.5) is 0 Å². The van der Waals surface area contributed by atoms with Crippen molar-refractivity contribution in [1.82, 2.24) is 0 Å². The molecule has 3 heteroatoms. The molecule has 4 atom stereocenters. The number of ether oxygens (including phenoxy) is 2. The van der Waals surface area contributed by atoms with Gasteiger partial charge in [0.2, 0.25) is 0 Å². The first-order valence-corrected chi connectivity index (χ1v) is 5.95. The summed E-state index contributed by atoms with van der Waals surface area (Å²) < 4.78 is 11.2. The zero-order chi connectivity index (χ0) is 11.5. The van der Waals surface area contributed by atoms with E-state index >= 15 is 0 Å². The molecule has 0 radical (unpaired) electrons. The summed E-state index contributed by atoms with van der Waals surface area (Å²) in [6.45, 7) is 9.58. The van der Waals surface area contributed by atoms with Crippen molar-refractivity contribution in [2.45, 2.75) is 58.8 Å². The minimum Gasteiger partial charge on any atom is -0.392 e. The van der Waals surface area contributed by atoms with Gasteiger partial charge >= 0.3 is 0 Å². The van der Waals surface area contributed by atoms with Gasteiger partial charge in [-0.05, 0) is 20.3 Å². The second kappa shape index (κ2) is 5.28. The lowest BCUT2D eigenvalue weighted by Crippen LogP contribution is -2.57. The fourth-order valence-electron chi connectivity index (χ4n) is 2.07. The molecule has 0 amide bonds. The first-order chi connectivity index (χ1) is 7.04. The van der Waals surface area contributed by atoms with Crippen LogP contribution in [0.25, 0.3) is 0 Å². The fraction of sp³-hybridized carbons (Fsp3) is 1.00. The monoisotopic (exact) mass is 216 g/mol. The van der Waals surface area contributed by atoms with E-state index in [4.69, 9.17) is 9.47 Å². The molecule has 0 heterocycles. The Balaban J connectivity index is 2.33. The average Bonchev–Trinajstić information content (AvgIpc) is 2.24. The van der Waals surface area contributed by atoms with Crippen molar-refractivity contribution in [3.63, 3.8) is 0 Å². The fourth-order valence-corrected chi connectivity index (χ4v) is 2.07. The van der Waals surface area contributed by atoms with E-state index in [2.05, 4.69) is 13.8 Å². The molecule has 0 spiro atoms. The summed E-state index contributed by atoms with van der Waals surface area (Å²) >= 11 is 0. The van der Waals surface area contributed by atoms with E-state index in [1.165, 1.54) is 0 Å². The van der Waals surface area contributed by atoms with Crippen LogP contribution in [0.15, 0.2) is 0 Å². The summed E-state index contributed by atoms with van der Waals surface area (Å²) in [4.78, 5) is 0. The van der Waals surface area contributed by atoms with Gasteiger partial charge in [0.1, 0.15) is 0 Å². The van der Waals surface area contributed by atoms with E-state index in [9.17, 15) is 5.11 Å². The van der Waals surface area contributed by atoms with Gasteiger partial charge in [-0.3, -0.25) is 0 Å². The van der Waals surface area contributed by atoms with Crippen LogP contribution in [0, 0.1) is 5.41 Å². The molecule has 1 fully saturated rings. The molecule has 0 aliphatic heterocycles.